The average Bonchev–Trinajstić information content (AvgIpc) is 4.13. The highest BCUT2D eigenvalue weighted by Gasteiger charge is 2.62. The van der Waals surface area contributed by atoms with Gasteiger partial charge in [-0.05, 0) is 75.5 Å². The standard InChI is InChI=1S/C42H54N6O9S/c1-3-29-22-42(29,40(51)46-58(53,54)33-16-17-33)45-37(49)35-21-31-25-48(35)39(50)36(26-11-8-6-9-12-26)44-41(52)47-23-32(24-47)56-18-10-5-4-7-13-28-19-27-14-15-30(55-2)20-34(27)43-38(28)57-31/h3,7,13-15,19-20,26,29,31-33,35-36H,1,4-6,8-12,16-18,21-25H2,2H3,(H,44,52)(H,45,49)(H,46,51)/b13-7+/t29-,31-,35-,36-,42+/m0/s1. The van der Waals surface area contributed by atoms with Crippen LogP contribution in [0.1, 0.15) is 82.6 Å². The molecule has 0 spiro atoms. The first kappa shape index (κ1) is 40.1. The van der Waals surface area contributed by atoms with E-state index in [4.69, 9.17) is 19.2 Å². The van der Waals surface area contributed by atoms with Crippen molar-refractivity contribution in [2.45, 2.75) is 112 Å². The average molecular weight is 819 g/mol. The number of fused-ring (bicyclic) bond motifs is 9. The molecule has 4 aliphatic heterocycles. The molecule has 312 valence electrons. The number of aromatic nitrogens is 1. The molecule has 5 fully saturated rings. The second-order valence-corrected chi connectivity index (χ2v) is 18.7. The van der Waals surface area contributed by atoms with Gasteiger partial charge in [0, 0.05) is 36.0 Å². The van der Waals surface area contributed by atoms with Crippen molar-refractivity contribution in [3.8, 4) is 11.6 Å². The zero-order valence-electron chi connectivity index (χ0n) is 33.0. The van der Waals surface area contributed by atoms with Crippen LogP contribution in [0, 0.1) is 11.8 Å². The number of hydrogen-bond acceptors (Lipinski definition) is 10. The summed E-state index contributed by atoms with van der Waals surface area (Å²) in [6, 6.07) is 5.24. The fourth-order valence-corrected chi connectivity index (χ4v) is 10.2. The number of carbonyl (C=O) groups excluding carboxylic acids is 4. The van der Waals surface area contributed by atoms with Crippen molar-refractivity contribution in [1.29, 1.82) is 0 Å². The summed E-state index contributed by atoms with van der Waals surface area (Å²) in [6.07, 6.45) is 12.9. The summed E-state index contributed by atoms with van der Waals surface area (Å²) in [4.78, 5) is 64.9. The largest absolute Gasteiger partial charge is 0.497 e. The maximum absolute atomic E-state index is 15.0. The highest BCUT2D eigenvalue weighted by Crippen LogP contribution is 2.46. The zero-order chi connectivity index (χ0) is 40.6. The summed E-state index contributed by atoms with van der Waals surface area (Å²) in [5.74, 6) is -1.54. The maximum atomic E-state index is 15.0. The molecule has 16 heteroatoms. The number of carbonyl (C=O) groups is 4. The predicted molar refractivity (Wildman–Crippen MR) is 215 cm³/mol. The maximum Gasteiger partial charge on any atom is 0.318 e. The number of nitrogens with one attached hydrogen (secondary N) is 3. The lowest BCUT2D eigenvalue weighted by molar-refractivity contribution is -0.142. The molecular weight excluding hydrogens is 765 g/mol. The molecule has 2 aromatic rings. The van der Waals surface area contributed by atoms with Gasteiger partial charge in [0.05, 0.1) is 43.6 Å². The Morgan fingerprint density at radius 2 is 1.83 bits per heavy atom. The zero-order valence-corrected chi connectivity index (χ0v) is 33.8. The highest BCUT2D eigenvalue weighted by atomic mass is 32.2. The van der Waals surface area contributed by atoms with Gasteiger partial charge in [-0.25, -0.2) is 18.2 Å². The van der Waals surface area contributed by atoms with Gasteiger partial charge in [0.2, 0.25) is 27.7 Å². The molecule has 58 heavy (non-hydrogen) atoms. The fourth-order valence-electron chi connectivity index (χ4n) is 8.82. The second-order valence-electron chi connectivity index (χ2n) is 16.7. The van der Waals surface area contributed by atoms with Crippen LogP contribution >= 0.6 is 0 Å². The number of nitrogens with zero attached hydrogens (tertiary/aromatic N) is 3. The fraction of sp³-hybridized carbons (Fsp3) is 0.595. The number of hydrogen-bond donors (Lipinski definition) is 3. The molecule has 3 saturated carbocycles. The van der Waals surface area contributed by atoms with Crippen LogP contribution in [-0.2, 0) is 29.1 Å². The summed E-state index contributed by atoms with van der Waals surface area (Å²) in [5, 5.41) is 6.18. The number of allylic oxidation sites excluding steroid dienone is 1. The highest BCUT2D eigenvalue weighted by molar-refractivity contribution is 7.91. The summed E-state index contributed by atoms with van der Waals surface area (Å²) in [7, 11) is -2.32. The van der Waals surface area contributed by atoms with Crippen molar-refractivity contribution < 1.29 is 41.8 Å². The molecule has 1 aromatic carbocycles. The SMILES string of the molecule is C=C[C@H]1C[C@]1(NC(=O)[C@@H]1C[C@H]2CN1C(=O)[C@H](C1CCCCC1)NC(=O)N1CC(C1)OCCCC/C=C/c1cc3ccc(OC)cc3nc1O2)C(=O)NS(=O)(=O)C1CC1. The van der Waals surface area contributed by atoms with Crippen molar-refractivity contribution >= 4 is 50.8 Å². The Morgan fingerprint density at radius 1 is 1.03 bits per heavy atom. The van der Waals surface area contributed by atoms with E-state index < -0.39 is 62.6 Å². The molecule has 3 aliphatic carbocycles. The molecule has 9 rings (SSSR count). The first-order valence-corrected chi connectivity index (χ1v) is 22.3. The lowest BCUT2D eigenvalue weighted by atomic mass is 9.83. The first-order chi connectivity index (χ1) is 28.0. The number of methoxy groups -OCH3 is 1. The van der Waals surface area contributed by atoms with Crippen LogP contribution in [-0.4, -0.2) is 115 Å². The van der Waals surface area contributed by atoms with Crippen molar-refractivity contribution in [1.82, 2.24) is 30.1 Å². The van der Waals surface area contributed by atoms with Crippen LogP contribution in [0.25, 0.3) is 17.0 Å². The number of ether oxygens (including phenoxy) is 3. The Morgan fingerprint density at radius 3 is 2.55 bits per heavy atom. The molecule has 0 radical (unpaired) electrons. The van der Waals surface area contributed by atoms with E-state index in [2.05, 4.69) is 28.0 Å². The lowest BCUT2D eigenvalue weighted by Crippen LogP contribution is -2.63. The van der Waals surface area contributed by atoms with Crippen LogP contribution in [0.15, 0.2) is 43.0 Å². The van der Waals surface area contributed by atoms with Gasteiger partial charge >= 0.3 is 6.03 Å². The van der Waals surface area contributed by atoms with Gasteiger partial charge in [-0.15, -0.1) is 6.58 Å². The molecule has 5 heterocycles. The molecule has 5 atom stereocenters. The van der Waals surface area contributed by atoms with Crippen LogP contribution in [0.2, 0.25) is 0 Å². The van der Waals surface area contributed by atoms with E-state index in [-0.39, 0.29) is 37.4 Å². The third-order valence-electron chi connectivity index (χ3n) is 12.6. The number of benzene rings is 1. The van der Waals surface area contributed by atoms with Crippen molar-refractivity contribution in [2.24, 2.45) is 11.8 Å². The monoisotopic (exact) mass is 818 g/mol. The molecule has 4 bridgehead atoms. The molecule has 1 aromatic heterocycles. The minimum atomic E-state index is -3.90. The van der Waals surface area contributed by atoms with Crippen molar-refractivity contribution in [3.05, 3.63) is 48.6 Å². The normalized spacial score (nSPS) is 30.2. The number of sulfonamides is 1. The van der Waals surface area contributed by atoms with Gasteiger partial charge in [-0.2, -0.15) is 0 Å². The summed E-state index contributed by atoms with van der Waals surface area (Å²) < 4.78 is 46.0. The van der Waals surface area contributed by atoms with E-state index in [0.717, 1.165) is 62.3 Å². The van der Waals surface area contributed by atoms with Gasteiger partial charge in [0.15, 0.2) is 0 Å². The van der Waals surface area contributed by atoms with Gasteiger partial charge in [0.25, 0.3) is 5.91 Å². The first-order valence-electron chi connectivity index (χ1n) is 20.8. The smallest absolute Gasteiger partial charge is 0.318 e. The number of amides is 5. The van der Waals surface area contributed by atoms with Gasteiger partial charge in [0.1, 0.15) is 29.5 Å². The van der Waals surface area contributed by atoms with Crippen LogP contribution in [0.3, 0.4) is 0 Å². The van der Waals surface area contributed by atoms with E-state index in [9.17, 15) is 27.6 Å². The molecule has 3 N–H and O–H groups in total. The van der Waals surface area contributed by atoms with E-state index in [1.165, 1.54) is 11.0 Å². The quantitative estimate of drug-likeness (QED) is 0.331. The minimum Gasteiger partial charge on any atom is -0.497 e. The minimum absolute atomic E-state index is 0.0107. The molecule has 2 saturated heterocycles. The van der Waals surface area contributed by atoms with Crippen LogP contribution in [0.4, 0.5) is 4.79 Å². The van der Waals surface area contributed by atoms with Gasteiger partial charge < -0.3 is 34.6 Å². The van der Waals surface area contributed by atoms with E-state index in [1.807, 2.05) is 30.3 Å². The Labute approximate surface area is 339 Å². The van der Waals surface area contributed by atoms with Crippen LogP contribution < -0.4 is 24.8 Å². The molecule has 0 unspecified atom stereocenters. The Hall–Kier alpha value is -4.70. The summed E-state index contributed by atoms with van der Waals surface area (Å²) >= 11 is 0. The van der Waals surface area contributed by atoms with Crippen LogP contribution in [0.5, 0.6) is 11.6 Å². The number of rotatable bonds is 8. The van der Waals surface area contributed by atoms with E-state index >= 15 is 0 Å². The molecular formula is C42H54N6O9S. The number of urea groups is 1. The second kappa shape index (κ2) is 16.5. The van der Waals surface area contributed by atoms with E-state index in [1.54, 1.807) is 12.0 Å². The molecule has 7 aliphatic rings. The number of pyridine rings is 1. The summed E-state index contributed by atoms with van der Waals surface area (Å²) in [6.45, 7) is 5.27. The lowest BCUT2D eigenvalue weighted by Gasteiger charge is -2.41. The molecule has 15 nitrogen and oxygen atoms in total. The van der Waals surface area contributed by atoms with Gasteiger partial charge in [-0.3, -0.25) is 19.1 Å². The third kappa shape index (κ3) is 8.40. The van der Waals surface area contributed by atoms with E-state index in [0.29, 0.717) is 49.7 Å². The topological polar surface area (TPSA) is 186 Å². The van der Waals surface area contributed by atoms with Crippen molar-refractivity contribution in [2.75, 3.05) is 33.4 Å². The van der Waals surface area contributed by atoms with Gasteiger partial charge in [-0.1, -0.05) is 37.5 Å². The third-order valence-corrected chi connectivity index (χ3v) is 14.4. The van der Waals surface area contributed by atoms with Crippen molar-refractivity contribution in [3.63, 3.8) is 0 Å². The Balaban J connectivity index is 1.13. The Kier molecular flexibility index (Phi) is 11.4. The predicted octanol–water partition coefficient (Wildman–Crippen LogP) is 3.82. The summed E-state index contributed by atoms with van der Waals surface area (Å²) in [5.41, 5.74) is -0.164. The Bertz CT molecular complexity index is 2080. The molecule has 5 amide bonds.